The largest absolute Gasteiger partial charge is 0.396 e. The van der Waals surface area contributed by atoms with Gasteiger partial charge in [-0.25, -0.2) is 0 Å². The molecule has 0 bridgehead atoms. The number of aliphatic hydroxyl groups excluding tert-OH is 1. The van der Waals surface area contributed by atoms with E-state index in [1.54, 1.807) is 0 Å². The Labute approximate surface area is 117 Å². The van der Waals surface area contributed by atoms with Crippen molar-refractivity contribution in [2.75, 3.05) is 13.2 Å². The van der Waals surface area contributed by atoms with E-state index in [1.807, 2.05) is 0 Å². The van der Waals surface area contributed by atoms with Crippen LogP contribution in [0.2, 0.25) is 0 Å². The number of hydrogen-bond donors (Lipinski definition) is 2. The molecule has 0 radical (unpaired) electrons. The van der Waals surface area contributed by atoms with Crippen LogP contribution in [0, 0.1) is 5.41 Å². The van der Waals surface area contributed by atoms with Crippen LogP contribution in [-0.4, -0.2) is 18.3 Å². The van der Waals surface area contributed by atoms with E-state index in [1.165, 1.54) is 24.0 Å². The molecule has 1 aliphatic carbocycles. The van der Waals surface area contributed by atoms with Crippen molar-refractivity contribution in [1.82, 2.24) is 5.32 Å². The van der Waals surface area contributed by atoms with E-state index in [9.17, 15) is 0 Å². The summed E-state index contributed by atoms with van der Waals surface area (Å²) in [6.07, 6.45) is 4.70. The van der Waals surface area contributed by atoms with Crippen LogP contribution in [-0.2, 0) is 6.54 Å². The second-order valence-electron chi connectivity index (χ2n) is 6.61. The molecule has 2 heteroatoms. The van der Waals surface area contributed by atoms with E-state index in [0.717, 1.165) is 31.8 Å². The third-order valence-corrected chi connectivity index (χ3v) is 3.94. The van der Waals surface area contributed by atoms with Gasteiger partial charge in [-0.1, -0.05) is 38.1 Å². The van der Waals surface area contributed by atoms with Gasteiger partial charge in [0.2, 0.25) is 0 Å². The van der Waals surface area contributed by atoms with E-state index >= 15 is 0 Å². The summed E-state index contributed by atoms with van der Waals surface area (Å²) in [6.45, 7) is 6.77. The Morgan fingerprint density at radius 1 is 1.32 bits per heavy atom. The summed E-state index contributed by atoms with van der Waals surface area (Å²) >= 11 is 0. The number of rotatable bonds is 8. The smallest absolute Gasteiger partial charge is 0.0431 e. The third kappa shape index (κ3) is 4.96. The van der Waals surface area contributed by atoms with Crippen molar-refractivity contribution in [1.29, 1.82) is 0 Å². The first-order valence-electron chi connectivity index (χ1n) is 7.51. The van der Waals surface area contributed by atoms with Crippen LogP contribution in [0.25, 0.3) is 0 Å². The summed E-state index contributed by atoms with van der Waals surface area (Å²) in [7, 11) is 0. The molecule has 1 aliphatic rings. The molecule has 0 atom stereocenters. The molecule has 19 heavy (non-hydrogen) atoms. The number of nitrogens with one attached hydrogen (secondary N) is 1. The monoisotopic (exact) mass is 261 g/mol. The Hall–Kier alpha value is -0.860. The van der Waals surface area contributed by atoms with Crippen LogP contribution in [0.1, 0.15) is 56.6 Å². The lowest BCUT2D eigenvalue weighted by Gasteiger charge is -2.24. The molecule has 1 saturated carbocycles. The fraction of sp³-hybridized carbons (Fsp3) is 0.647. The van der Waals surface area contributed by atoms with Crippen LogP contribution in [0.15, 0.2) is 24.3 Å². The van der Waals surface area contributed by atoms with Crippen LogP contribution in [0.3, 0.4) is 0 Å². The molecule has 2 nitrogen and oxygen atoms in total. The van der Waals surface area contributed by atoms with Gasteiger partial charge in [0.1, 0.15) is 0 Å². The summed E-state index contributed by atoms with van der Waals surface area (Å²) in [5, 5.41) is 12.5. The SMILES string of the molecule is CC(C)(CCCO)CNCc1cccc(C2CC2)c1. The molecular weight excluding hydrogens is 234 g/mol. The van der Waals surface area contributed by atoms with E-state index in [4.69, 9.17) is 5.11 Å². The molecule has 0 unspecified atom stereocenters. The minimum Gasteiger partial charge on any atom is -0.396 e. The number of benzene rings is 1. The Kier molecular flexibility index (Phi) is 5.00. The first-order chi connectivity index (χ1) is 9.11. The predicted molar refractivity (Wildman–Crippen MR) is 80.2 cm³/mol. The molecule has 2 rings (SSSR count). The average Bonchev–Trinajstić information content (AvgIpc) is 3.21. The maximum absolute atomic E-state index is 8.90. The molecule has 2 N–H and O–H groups in total. The van der Waals surface area contributed by atoms with Crippen molar-refractivity contribution in [2.45, 2.75) is 52.0 Å². The normalized spacial score (nSPS) is 15.7. The topological polar surface area (TPSA) is 32.3 Å². The quantitative estimate of drug-likeness (QED) is 0.751. The van der Waals surface area contributed by atoms with Gasteiger partial charge in [-0.15, -0.1) is 0 Å². The van der Waals surface area contributed by atoms with Gasteiger partial charge in [0, 0.05) is 19.7 Å². The van der Waals surface area contributed by atoms with Gasteiger partial charge in [-0.2, -0.15) is 0 Å². The van der Waals surface area contributed by atoms with Crippen LogP contribution >= 0.6 is 0 Å². The van der Waals surface area contributed by atoms with Gasteiger partial charge in [-0.05, 0) is 48.1 Å². The summed E-state index contributed by atoms with van der Waals surface area (Å²) in [4.78, 5) is 0. The summed E-state index contributed by atoms with van der Waals surface area (Å²) < 4.78 is 0. The highest BCUT2D eigenvalue weighted by atomic mass is 16.2. The molecule has 1 fully saturated rings. The lowest BCUT2D eigenvalue weighted by Crippen LogP contribution is -2.29. The van der Waals surface area contributed by atoms with Crippen LogP contribution < -0.4 is 5.32 Å². The van der Waals surface area contributed by atoms with E-state index in [0.29, 0.717) is 6.61 Å². The first-order valence-corrected chi connectivity index (χ1v) is 7.51. The highest BCUT2D eigenvalue weighted by molar-refractivity contribution is 5.29. The molecule has 0 aromatic heterocycles. The van der Waals surface area contributed by atoms with Crippen molar-refractivity contribution in [3.63, 3.8) is 0 Å². The Morgan fingerprint density at radius 3 is 2.79 bits per heavy atom. The van der Waals surface area contributed by atoms with Gasteiger partial charge in [0.05, 0.1) is 0 Å². The molecule has 0 spiro atoms. The van der Waals surface area contributed by atoms with Gasteiger partial charge >= 0.3 is 0 Å². The lowest BCUT2D eigenvalue weighted by molar-refractivity contribution is 0.236. The highest BCUT2D eigenvalue weighted by Crippen LogP contribution is 2.40. The predicted octanol–water partition coefficient (Wildman–Crippen LogP) is 3.45. The molecular formula is C17H27NO. The maximum Gasteiger partial charge on any atom is 0.0431 e. The Morgan fingerprint density at radius 2 is 2.11 bits per heavy atom. The zero-order chi connectivity index (χ0) is 13.7. The standard InChI is InChI=1S/C17H27NO/c1-17(2,9-4-10-19)13-18-12-14-5-3-6-16(11-14)15-7-8-15/h3,5-6,11,15,18-19H,4,7-10,12-13H2,1-2H3. The van der Waals surface area contributed by atoms with Gasteiger partial charge in [0.25, 0.3) is 0 Å². The lowest BCUT2D eigenvalue weighted by atomic mass is 9.88. The third-order valence-electron chi connectivity index (χ3n) is 3.94. The highest BCUT2D eigenvalue weighted by Gasteiger charge is 2.23. The summed E-state index contributed by atoms with van der Waals surface area (Å²) in [6, 6.07) is 9.00. The Bertz CT molecular complexity index is 396. The van der Waals surface area contributed by atoms with Gasteiger partial charge in [0.15, 0.2) is 0 Å². The van der Waals surface area contributed by atoms with Crippen molar-refractivity contribution >= 4 is 0 Å². The van der Waals surface area contributed by atoms with Crippen molar-refractivity contribution < 1.29 is 5.11 Å². The fourth-order valence-corrected chi connectivity index (χ4v) is 2.56. The summed E-state index contributed by atoms with van der Waals surface area (Å²) in [5.74, 6) is 0.834. The van der Waals surface area contributed by atoms with Crippen molar-refractivity contribution in [3.05, 3.63) is 35.4 Å². The molecule has 1 aromatic rings. The number of aliphatic hydroxyl groups is 1. The Balaban J connectivity index is 1.77. The molecule has 0 amide bonds. The van der Waals surface area contributed by atoms with E-state index in [-0.39, 0.29) is 5.41 Å². The molecule has 0 aliphatic heterocycles. The van der Waals surface area contributed by atoms with E-state index < -0.39 is 0 Å². The van der Waals surface area contributed by atoms with Crippen LogP contribution in [0.5, 0.6) is 0 Å². The van der Waals surface area contributed by atoms with E-state index in [2.05, 4.69) is 43.4 Å². The first kappa shape index (κ1) is 14.5. The fourth-order valence-electron chi connectivity index (χ4n) is 2.56. The summed E-state index contributed by atoms with van der Waals surface area (Å²) in [5.41, 5.74) is 3.16. The molecule has 0 heterocycles. The molecule has 106 valence electrons. The minimum atomic E-state index is 0.261. The van der Waals surface area contributed by atoms with Crippen molar-refractivity contribution in [3.8, 4) is 0 Å². The second kappa shape index (κ2) is 6.53. The second-order valence-corrected chi connectivity index (χ2v) is 6.61. The number of hydrogen-bond acceptors (Lipinski definition) is 2. The van der Waals surface area contributed by atoms with Crippen molar-refractivity contribution in [2.24, 2.45) is 5.41 Å². The minimum absolute atomic E-state index is 0.261. The van der Waals surface area contributed by atoms with Gasteiger partial charge in [-0.3, -0.25) is 0 Å². The zero-order valence-electron chi connectivity index (χ0n) is 12.3. The maximum atomic E-state index is 8.90. The molecule has 0 saturated heterocycles. The zero-order valence-corrected chi connectivity index (χ0v) is 12.3. The van der Waals surface area contributed by atoms with Crippen LogP contribution in [0.4, 0.5) is 0 Å². The van der Waals surface area contributed by atoms with Gasteiger partial charge < -0.3 is 10.4 Å². The average molecular weight is 261 g/mol. The molecule has 1 aromatic carbocycles.